The molecule has 2 rings (SSSR count). The number of rotatable bonds is 3. The molecule has 1 amide bonds. The van der Waals surface area contributed by atoms with Gasteiger partial charge in [0.25, 0.3) is 5.56 Å². The van der Waals surface area contributed by atoms with Crippen LogP contribution in [0.4, 0.5) is 0 Å². The lowest BCUT2D eigenvalue weighted by Crippen LogP contribution is -2.41. The topological polar surface area (TPSA) is 103 Å². The summed E-state index contributed by atoms with van der Waals surface area (Å²) in [6.45, 7) is 3.83. The van der Waals surface area contributed by atoms with Crippen LogP contribution < -0.4 is 11.4 Å². The Bertz CT molecular complexity index is 526. The lowest BCUT2D eigenvalue weighted by atomic mass is 10.4. The van der Waals surface area contributed by atoms with Crippen molar-refractivity contribution in [2.75, 3.05) is 37.9 Å². The van der Waals surface area contributed by atoms with Crippen LogP contribution in [0.15, 0.2) is 9.95 Å². The Balaban J connectivity index is 1.97. The van der Waals surface area contributed by atoms with E-state index < -0.39 is 5.56 Å². The van der Waals surface area contributed by atoms with E-state index in [0.717, 1.165) is 16.4 Å². The Kier molecular flexibility index (Phi) is 4.38. The zero-order valence-corrected chi connectivity index (χ0v) is 11.4. The molecule has 0 bridgehead atoms. The number of thioether (sulfide) groups is 1. The van der Waals surface area contributed by atoms with E-state index in [4.69, 9.17) is 10.6 Å². The number of aryl methyl sites for hydroxylation is 1. The van der Waals surface area contributed by atoms with Crippen molar-refractivity contribution in [1.82, 2.24) is 19.8 Å². The van der Waals surface area contributed by atoms with E-state index in [9.17, 15) is 9.59 Å². The van der Waals surface area contributed by atoms with Crippen molar-refractivity contribution in [3.8, 4) is 0 Å². The fourth-order valence-electron chi connectivity index (χ4n) is 1.60. The molecule has 8 nitrogen and oxygen atoms in total. The molecule has 2 heterocycles. The summed E-state index contributed by atoms with van der Waals surface area (Å²) in [7, 11) is 0. The highest BCUT2D eigenvalue weighted by atomic mass is 32.2. The molecule has 1 aromatic rings. The monoisotopic (exact) mass is 285 g/mol. The maximum Gasteiger partial charge on any atom is 0.294 e. The molecule has 0 spiro atoms. The number of carbonyl (C=O) groups is 1. The highest BCUT2D eigenvalue weighted by molar-refractivity contribution is 7.99. The predicted molar refractivity (Wildman–Crippen MR) is 69.3 cm³/mol. The normalized spacial score (nSPS) is 15.5. The van der Waals surface area contributed by atoms with Crippen LogP contribution in [0.25, 0.3) is 0 Å². The van der Waals surface area contributed by atoms with Crippen molar-refractivity contribution in [2.45, 2.75) is 12.1 Å². The Labute approximate surface area is 113 Å². The number of hydrogen-bond acceptors (Lipinski definition) is 7. The second-order valence-electron chi connectivity index (χ2n) is 4.02. The molecule has 1 saturated heterocycles. The van der Waals surface area contributed by atoms with Gasteiger partial charge in [-0.25, -0.2) is 0 Å². The Morgan fingerprint density at radius 1 is 1.42 bits per heavy atom. The minimum atomic E-state index is -0.406. The van der Waals surface area contributed by atoms with Crippen molar-refractivity contribution in [2.24, 2.45) is 0 Å². The first kappa shape index (κ1) is 13.8. The van der Waals surface area contributed by atoms with Gasteiger partial charge in [0, 0.05) is 13.1 Å². The molecule has 9 heteroatoms. The Morgan fingerprint density at radius 3 is 2.79 bits per heavy atom. The second-order valence-corrected chi connectivity index (χ2v) is 4.97. The van der Waals surface area contributed by atoms with E-state index in [1.165, 1.54) is 6.92 Å². The molecule has 104 valence electrons. The van der Waals surface area contributed by atoms with E-state index >= 15 is 0 Å². The van der Waals surface area contributed by atoms with Gasteiger partial charge in [-0.15, -0.1) is 10.2 Å². The summed E-state index contributed by atoms with van der Waals surface area (Å²) in [5, 5.41) is 7.75. The van der Waals surface area contributed by atoms with Gasteiger partial charge in [0.15, 0.2) is 0 Å². The smallest absolute Gasteiger partial charge is 0.294 e. The van der Waals surface area contributed by atoms with Crippen molar-refractivity contribution in [1.29, 1.82) is 0 Å². The minimum absolute atomic E-state index is 0.0249. The van der Waals surface area contributed by atoms with Crippen molar-refractivity contribution in [3.63, 3.8) is 0 Å². The van der Waals surface area contributed by atoms with Gasteiger partial charge >= 0.3 is 0 Å². The van der Waals surface area contributed by atoms with Crippen LogP contribution >= 0.6 is 11.8 Å². The van der Waals surface area contributed by atoms with Gasteiger partial charge in [-0.3, -0.25) is 9.59 Å². The third-order valence-corrected chi connectivity index (χ3v) is 3.64. The molecule has 0 unspecified atom stereocenters. The summed E-state index contributed by atoms with van der Waals surface area (Å²) in [6, 6.07) is 0. The molecule has 0 saturated carbocycles. The molecule has 2 N–H and O–H groups in total. The van der Waals surface area contributed by atoms with E-state index in [0.29, 0.717) is 26.3 Å². The van der Waals surface area contributed by atoms with Gasteiger partial charge in [-0.2, -0.15) is 4.68 Å². The number of carbonyl (C=O) groups excluding carboxylic acids is 1. The highest BCUT2D eigenvalue weighted by Gasteiger charge is 2.18. The summed E-state index contributed by atoms with van der Waals surface area (Å²) in [5.41, 5.74) is -0.178. The lowest BCUT2D eigenvalue weighted by molar-refractivity contribution is -0.132. The highest BCUT2D eigenvalue weighted by Crippen LogP contribution is 2.12. The van der Waals surface area contributed by atoms with Crippen molar-refractivity contribution >= 4 is 17.7 Å². The van der Waals surface area contributed by atoms with Gasteiger partial charge < -0.3 is 15.5 Å². The van der Waals surface area contributed by atoms with Crippen LogP contribution in [0.2, 0.25) is 0 Å². The minimum Gasteiger partial charge on any atom is -0.378 e. The number of nitrogens with zero attached hydrogens (tertiary/aromatic N) is 4. The molecule has 0 atom stereocenters. The molecular weight excluding hydrogens is 270 g/mol. The third kappa shape index (κ3) is 3.24. The molecule has 1 aromatic heterocycles. The summed E-state index contributed by atoms with van der Waals surface area (Å²) in [5.74, 6) is 5.73. The van der Waals surface area contributed by atoms with Crippen LogP contribution in [0.1, 0.15) is 5.69 Å². The van der Waals surface area contributed by atoms with Crippen LogP contribution in [-0.4, -0.2) is 57.7 Å². The van der Waals surface area contributed by atoms with Crippen LogP contribution in [0, 0.1) is 6.92 Å². The maximum atomic E-state index is 11.9. The van der Waals surface area contributed by atoms with E-state index in [-0.39, 0.29) is 22.5 Å². The van der Waals surface area contributed by atoms with Crippen molar-refractivity contribution in [3.05, 3.63) is 16.0 Å². The lowest BCUT2D eigenvalue weighted by Gasteiger charge is -2.26. The molecule has 1 aliphatic heterocycles. The fourth-order valence-corrected chi connectivity index (χ4v) is 2.35. The average Bonchev–Trinajstić information content (AvgIpc) is 2.45. The van der Waals surface area contributed by atoms with Gasteiger partial charge in [0.2, 0.25) is 11.1 Å². The quantitative estimate of drug-likeness (QED) is 0.538. The first-order chi connectivity index (χ1) is 9.09. The van der Waals surface area contributed by atoms with Gasteiger partial charge in [-0.05, 0) is 6.92 Å². The summed E-state index contributed by atoms with van der Waals surface area (Å²) >= 11 is 1.10. The summed E-state index contributed by atoms with van der Waals surface area (Å²) in [4.78, 5) is 25.2. The SMILES string of the molecule is Cc1nnc(SCC(=O)N2CCOCC2)n(N)c1=O. The van der Waals surface area contributed by atoms with Gasteiger partial charge in [0.1, 0.15) is 5.69 Å². The first-order valence-electron chi connectivity index (χ1n) is 5.79. The van der Waals surface area contributed by atoms with E-state index in [1.807, 2.05) is 0 Å². The molecule has 0 radical (unpaired) electrons. The number of amides is 1. The predicted octanol–water partition coefficient (Wildman–Crippen LogP) is -1.39. The van der Waals surface area contributed by atoms with Crippen molar-refractivity contribution < 1.29 is 9.53 Å². The maximum absolute atomic E-state index is 11.9. The Hall–Kier alpha value is -1.61. The molecule has 0 aliphatic carbocycles. The molecule has 1 aliphatic rings. The number of aromatic nitrogens is 3. The third-order valence-electron chi connectivity index (χ3n) is 2.71. The Morgan fingerprint density at radius 2 is 2.11 bits per heavy atom. The fraction of sp³-hybridized carbons (Fsp3) is 0.600. The average molecular weight is 285 g/mol. The van der Waals surface area contributed by atoms with Crippen LogP contribution in [-0.2, 0) is 9.53 Å². The summed E-state index contributed by atoms with van der Waals surface area (Å²) in [6.07, 6.45) is 0. The first-order valence-corrected chi connectivity index (χ1v) is 6.78. The van der Waals surface area contributed by atoms with E-state index in [2.05, 4.69) is 10.2 Å². The van der Waals surface area contributed by atoms with Gasteiger partial charge in [0.05, 0.1) is 19.0 Å². The standard InChI is InChI=1S/C10H15N5O3S/c1-7-9(17)15(11)10(13-12-7)19-6-8(16)14-2-4-18-5-3-14/h2-6,11H2,1H3. The number of nitrogens with two attached hydrogens (primary N) is 1. The number of ether oxygens (including phenoxy) is 1. The molecular formula is C10H15N5O3S. The van der Waals surface area contributed by atoms with Crippen LogP contribution in [0.5, 0.6) is 0 Å². The zero-order valence-electron chi connectivity index (χ0n) is 10.5. The second kappa shape index (κ2) is 6.02. The molecule has 1 fully saturated rings. The number of hydrogen-bond donors (Lipinski definition) is 1. The van der Waals surface area contributed by atoms with E-state index in [1.54, 1.807) is 4.90 Å². The largest absolute Gasteiger partial charge is 0.378 e. The number of nitrogen functional groups attached to an aromatic ring is 1. The van der Waals surface area contributed by atoms with Gasteiger partial charge in [-0.1, -0.05) is 11.8 Å². The number of morpholine rings is 1. The molecule has 19 heavy (non-hydrogen) atoms. The summed E-state index contributed by atoms with van der Waals surface area (Å²) < 4.78 is 6.09. The zero-order chi connectivity index (χ0) is 13.8. The molecule has 0 aromatic carbocycles. The van der Waals surface area contributed by atoms with Crippen LogP contribution in [0.3, 0.4) is 0 Å².